The molecule has 0 spiro atoms. The zero-order valence-electron chi connectivity index (χ0n) is 16.5. The number of aromatic hydroxyl groups is 1. The summed E-state index contributed by atoms with van der Waals surface area (Å²) in [6.45, 7) is 4.48. The molecule has 0 fully saturated rings. The minimum Gasteiger partial charge on any atom is -0.507 e. The monoisotopic (exact) mass is 385 g/mol. The van der Waals surface area contributed by atoms with E-state index in [-0.39, 0.29) is 17.2 Å². The number of fused-ring (bicyclic) bond motifs is 1. The van der Waals surface area contributed by atoms with Crippen LogP contribution in [0.15, 0.2) is 60.7 Å². The summed E-state index contributed by atoms with van der Waals surface area (Å²) in [4.78, 5) is 12.7. The minimum atomic E-state index is -0.312. The number of carbonyl (C=O) groups excluding carboxylic acids is 1. The summed E-state index contributed by atoms with van der Waals surface area (Å²) < 4.78 is 0. The van der Waals surface area contributed by atoms with Gasteiger partial charge in [-0.25, -0.2) is 0 Å². The largest absolute Gasteiger partial charge is 0.507 e. The predicted octanol–water partition coefficient (Wildman–Crippen LogP) is 4.41. The summed E-state index contributed by atoms with van der Waals surface area (Å²) in [6.07, 6.45) is 0.650. The number of amides is 1. The zero-order valence-corrected chi connectivity index (χ0v) is 16.5. The van der Waals surface area contributed by atoms with E-state index in [4.69, 9.17) is 0 Å². The Morgan fingerprint density at radius 2 is 1.79 bits per heavy atom. The van der Waals surface area contributed by atoms with E-state index >= 15 is 0 Å². The van der Waals surface area contributed by atoms with Crippen LogP contribution in [0.3, 0.4) is 0 Å². The highest BCUT2D eigenvalue weighted by atomic mass is 16.3. The van der Waals surface area contributed by atoms with Gasteiger partial charge >= 0.3 is 0 Å². The average molecular weight is 385 g/mol. The number of aromatic nitrogens is 2. The third-order valence-electron chi connectivity index (χ3n) is 5.03. The molecule has 0 bridgehead atoms. The van der Waals surface area contributed by atoms with Crippen LogP contribution in [0, 0.1) is 13.8 Å². The topological polar surface area (TPSA) is 78.0 Å². The van der Waals surface area contributed by atoms with Crippen molar-refractivity contribution in [2.45, 2.75) is 26.8 Å². The van der Waals surface area contributed by atoms with Crippen molar-refractivity contribution in [1.82, 2.24) is 15.5 Å². The van der Waals surface area contributed by atoms with E-state index in [1.165, 1.54) is 11.1 Å². The summed E-state index contributed by atoms with van der Waals surface area (Å²) in [7, 11) is 0. The molecule has 1 heterocycles. The van der Waals surface area contributed by atoms with Crippen LogP contribution in [0.5, 0.6) is 5.75 Å². The molecule has 3 aromatic carbocycles. The lowest BCUT2D eigenvalue weighted by atomic mass is 10.0. The molecule has 5 nitrogen and oxygen atoms in total. The average Bonchev–Trinajstić information content (AvgIpc) is 3.08. The number of phenolic OH excluding ortho intramolecular Hbond substituents is 1. The third-order valence-corrected chi connectivity index (χ3v) is 5.03. The Labute approximate surface area is 169 Å². The maximum absolute atomic E-state index is 12.7. The number of aryl methyl sites for hydroxylation is 2. The van der Waals surface area contributed by atoms with Crippen LogP contribution in [0.1, 0.15) is 38.3 Å². The van der Waals surface area contributed by atoms with Gasteiger partial charge < -0.3 is 10.4 Å². The van der Waals surface area contributed by atoms with Gasteiger partial charge in [-0.3, -0.25) is 9.89 Å². The highest BCUT2D eigenvalue weighted by Crippen LogP contribution is 2.27. The van der Waals surface area contributed by atoms with Crippen LogP contribution in [0.2, 0.25) is 0 Å². The number of hydrogen-bond acceptors (Lipinski definition) is 3. The highest BCUT2D eigenvalue weighted by molar-refractivity contribution is 6.01. The van der Waals surface area contributed by atoms with Gasteiger partial charge in [0, 0.05) is 24.4 Å². The SMILES string of the molecule is Cc1ccc(CNC(=O)c2cc3c(Cc4cccc(C)c4)n[nH]c3cc2O)cc1. The lowest BCUT2D eigenvalue weighted by Gasteiger charge is -2.08. The van der Waals surface area contributed by atoms with Crippen molar-refractivity contribution in [2.75, 3.05) is 0 Å². The van der Waals surface area contributed by atoms with Crippen LogP contribution in [0.4, 0.5) is 0 Å². The number of benzene rings is 3. The maximum atomic E-state index is 12.7. The molecule has 0 aliphatic carbocycles. The van der Waals surface area contributed by atoms with E-state index in [2.05, 4.69) is 40.6 Å². The molecular weight excluding hydrogens is 362 g/mol. The minimum absolute atomic E-state index is 0.0651. The van der Waals surface area contributed by atoms with E-state index in [9.17, 15) is 9.90 Å². The van der Waals surface area contributed by atoms with E-state index in [1.807, 2.05) is 37.3 Å². The Balaban J connectivity index is 1.58. The van der Waals surface area contributed by atoms with Gasteiger partial charge in [0.1, 0.15) is 5.75 Å². The molecule has 0 aliphatic heterocycles. The van der Waals surface area contributed by atoms with Crippen LogP contribution in [-0.2, 0) is 13.0 Å². The van der Waals surface area contributed by atoms with Gasteiger partial charge in [-0.1, -0.05) is 59.7 Å². The first-order valence-electron chi connectivity index (χ1n) is 9.59. The van der Waals surface area contributed by atoms with Crippen molar-refractivity contribution in [3.05, 3.63) is 94.2 Å². The van der Waals surface area contributed by atoms with Gasteiger partial charge in [-0.15, -0.1) is 0 Å². The van der Waals surface area contributed by atoms with Gasteiger partial charge in [0.05, 0.1) is 16.8 Å². The van der Waals surface area contributed by atoms with Crippen LogP contribution in [-0.4, -0.2) is 21.2 Å². The van der Waals surface area contributed by atoms with E-state index in [1.54, 1.807) is 12.1 Å². The van der Waals surface area contributed by atoms with E-state index < -0.39 is 0 Å². The van der Waals surface area contributed by atoms with Gasteiger partial charge in [0.2, 0.25) is 0 Å². The number of H-pyrrole nitrogens is 1. The highest BCUT2D eigenvalue weighted by Gasteiger charge is 2.16. The summed E-state index contributed by atoms with van der Waals surface area (Å²) >= 11 is 0. The van der Waals surface area contributed by atoms with Gasteiger partial charge in [-0.2, -0.15) is 5.10 Å². The molecule has 4 rings (SSSR count). The molecule has 29 heavy (non-hydrogen) atoms. The number of rotatable bonds is 5. The van der Waals surface area contributed by atoms with Crippen molar-refractivity contribution in [3.63, 3.8) is 0 Å². The lowest BCUT2D eigenvalue weighted by molar-refractivity contribution is 0.0948. The summed E-state index contributed by atoms with van der Waals surface area (Å²) in [6, 6.07) is 19.5. The molecule has 5 heteroatoms. The van der Waals surface area contributed by atoms with Crippen molar-refractivity contribution in [1.29, 1.82) is 0 Å². The Morgan fingerprint density at radius 1 is 1.00 bits per heavy atom. The molecule has 0 unspecified atom stereocenters. The second kappa shape index (κ2) is 7.80. The predicted molar refractivity (Wildman–Crippen MR) is 114 cm³/mol. The van der Waals surface area contributed by atoms with Crippen molar-refractivity contribution in [2.24, 2.45) is 0 Å². The summed E-state index contributed by atoms with van der Waals surface area (Å²) in [5.74, 6) is -0.377. The van der Waals surface area contributed by atoms with Crippen molar-refractivity contribution < 1.29 is 9.90 Å². The molecule has 4 aromatic rings. The van der Waals surface area contributed by atoms with Crippen molar-refractivity contribution in [3.8, 4) is 5.75 Å². The fraction of sp³-hybridized carbons (Fsp3) is 0.167. The number of nitrogens with one attached hydrogen (secondary N) is 2. The maximum Gasteiger partial charge on any atom is 0.255 e. The first kappa shape index (κ1) is 18.7. The zero-order chi connectivity index (χ0) is 20.4. The molecule has 0 atom stereocenters. The summed E-state index contributed by atoms with van der Waals surface area (Å²) in [5, 5.41) is 21.4. The van der Waals surface area contributed by atoms with E-state index in [0.29, 0.717) is 18.5 Å². The van der Waals surface area contributed by atoms with Crippen LogP contribution in [0.25, 0.3) is 10.9 Å². The Hall–Kier alpha value is -3.60. The number of aromatic amines is 1. The Morgan fingerprint density at radius 3 is 2.55 bits per heavy atom. The standard InChI is InChI=1S/C24H23N3O2/c1-15-6-8-17(9-7-15)14-25-24(29)20-12-19-21(26-27-22(19)13-23(20)28)11-18-5-3-4-16(2)10-18/h3-10,12-13,28H,11,14H2,1-2H3,(H,25,29)(H,26,27). The Kier molecular flexibility index (Phi) is 5.04. The molecule has 1 aromatic heterocycles. The smallest absolute Gasteiger partial charge is 0.255 e. The van der Waals surface area contributed by atoms with Gasteiger partial charge in [0.15, 0.2) is 0 Å². The Bertz CT molecular complexity index is 1180. The molecule has 3 N–H and O–H groups in total. The quantitative estimate of drug-likeness (QED) is 0.476. The molecule has 1 amide bonds. The molecule has 146 valence electrons. The first-order valence-corrected chi connectivity index (χ1v) is 9.59. The van der Waals surface area contributed by atoms with Crippen LogP contribution >= 0.6 is 0 Å². The van der Waals surface area contributed by atoms with Crippen LogP contribution < -0.4 is 5.32 Å². The number of phenols is 1. The second-order valence-electron chi connectivity index (χ2n) is 7.42. The normalized spacial score (nSPS) is 11.0. The third kappa shape index (κ3) is 4.14. The second-order valence-corrected chi connectivity index (χ2v) is 7.42. The number of hydrogen-bond donors (Lipinski definition) is 3. The first-order chi connectivity index (χ1) is 14.0. The molecule has 0 saturated carbocycles. The molecular formula is C24H23N3O2. The van der Waals surface area contributed by atoms with Gasteiger partial charge in [0.25, 0.3) is 5.91 Å². The molecule has 0 aliphatic rings. The fourth-order valence-corrected chi connectivity index (χ4v) is 3.42. The number of carbonyl (C=O) groups is 1. The molecule has 0 saturated heterocycles. The fourth-order valence-electron chi connectivity index (χ4n) is 3.42. The van der Waals surface area contributed by atoms with Crippen molar-refractivity contribution >= 4 is 16.8 Å². The van der Waals surface area contributed by atoms with Gasteiger partial charge in [-0.05, 0) is 31.0 Å². The number of nitrogens with zero attached hydrogens (tertiary/aromatic N) is 1. The summed E-state index contributed by atoms with van der Waals surface area (Å²) in [5.41, 5.74) is 6.32. The van der Waals surface area contributed by atoms with E-state index in [0.717, 1.165) is 22.2 Å². The molecule has 0 radical (unpaired) electrons. The lowest BCUT2D eigenvalue weighted by Crippen LogP contribution is -2.22.